The lowest BCUT2D eigenvalue weighted by Crippen LogP contribution is -2.32. The van der Waals surface area contributed by atoms with Gasteiger partial charge in [-0.15, -0.1) is 11.3 Å². The molecule has 1 aromatic carbocycles. The lowest BCUT2D eigenvalue weighted by Gasteiger charge is -2.16. The SMILES string of the molecule is CCOc1ccccc1NC(=O)[C@H](C)n1cnc2sc(C(=O)OC(C)C)c(C)c2c1=O. The number of thiophene rings is 1. The van der Waals surface area contributed by atoms with E-state index in [1.54, 1.807) is 45.9 Å². The predicted octanol–water partition coefficient (Wildman–Crippen LogP) is 3.93. The van der Waals surface area contributed by atoms with Crippen LogP contribution >= 0.6 is 11.3 Å². The van der Waals surface area contributed by atoms with E-state index >= 15 is 0 Å². The van der Waals surface area contributed by atoms with Crippen molar-refractivity contribution in [3.05, 3.63) is 51.4 Å². The second-order valence-corrected chi connectivity index (χ2v) is 8.24. The van der Waals surface area contributed by atoms with Crippen LogP contribution in [0.25, 0.3) is 10.2 Å². The fourth-order valence-corrected chi connectivity index (χ4v) is 4.11. The first-order valence-electron chi connectivity index (χ1n) is 9.98. The van der Waals surface area contributed by atoms with Crippen LogP contribution in [0.2, 0.25) is 0 Å². The van der Waals surface area contributed by atoms with Crippen LogP contribution in [-0.2, 0) is 9.53 Å². The van der Waals surface area contributed by atoms with Crippen LogP contribution in [-0.4, -0.2) is 34.1 Å². The smallest absolute Gasteiger partial charge is 0.348 e. The number of rotatable bonds is 7. The number of amides is 1. The Kier molecular flexibility index (Phi) is 6.74. The molecule has 0 aliphatic heterocycles. The minimum Gasteiger partial charge on any atom is -0.492 e. The maximum Gasteiger partial charge on any atom is 0.348 e. The molecule has 1 atom stereocenters. The molecule has 2 aromatic heterocycles. The maximum absolute atomic E-state index is 13.1. The average molecular weight is 444 g/mol. The van der Waals surface area contributed by atoms with E-state index in [1.807, 2.05) is 13.0 Å². The van der Waals surface area contributed by atoms with Crippen molar-refractivity contribution in [2.75, 3.05) is 11.9 Å². The van der Waals surface area contributed by atoms with Gasteiger partial charge >= 0.3 is 5.97 Å². The molecule has 1 amide bonds. The first-order chi connectivity index (χ1) is 14.7. The largest absolute Gasteiger partial charge is 0.492 e. The number of carbonyl (C=O) groups is 2. The number of aromatic nitrogens is 2. The zero-order chi connectivity index (χ0) is 22.7. The molecule has 0 fully saturated rings. The Morgan fingerprint density at radius 1 is 1.23 bits per heavy atom. The first-order valence-corrected chi connectivity index (χ1v) is 10.8. The number of esters is 1. The van der Waals surface area contributed by atoms with Crippen LogP contribution in [0.15, 0.2) is 35.4 Å². The highest BCUT2D eigenvalue weighted by Crippen LogP contribution is 2.28. The molecule has 2 heterocycles. The number of carbonyl (C=O) groups excluding carboxylic acids is 2. The third-order valence-electron chi connectivity index (χ3n) is 4.65. The highest BCUT2D eigenvalue weighted by molar-refractivity contribution is 7.20. The zero-order valence-electron chi connectivity index (χ0n) is 18.1. The van der Waals surface area contributed by atoms with Gasteiger partial charge in [-0.25, -0.2) is 9.78 Å². The highest BCUT2D eigenvalue weighted by atomic mass is 32.1. The molecule has 0 spiro atoms. The number of aryl methyl sites for hydroxylation is 1. The van der Waals surface area contributed by atoms with Gasteiger partial charge in [-0.2, -0.15) is 0 Å². The Bertz CT molecular complexity index is 1180. The Labute approximate surface area is 183 Å². The van der Waals surface area contributed by atoms with E-state index in [4.69, 9.17) is 9.47 Å². The van der Waals surface area contributed by atoms with Crippen molar-refractivity contribution >= 4 is 39.1 Å². The fourth-order valence-electron chi connectivity index (χ4n) is 3.09. The summed E-state index contributed by atoms with van der Waals surface area (Å²) in [6.45, 7) is 9.14. The summed E-state index contributed by atoms with van der Waals surface area (Å²) in [4.78, 5) is 43.4. The summed E-state index contributed by atoms with van der Waals surface area (Å²) in [5.74, 6) is -0.323. The van der Waals surface area contributed by atoms with Crippen molar-refractivity contribution in [1.82, 2.24) is 9.55 Å². The fraction of sp³-hybridized carbons (Fsp3) is 0.364. The summed E-state index contributed by atoms with van der Waals surface area (Å²) in [7, 11) is 0. The Morgan fingerprint density at radius 2 is 1.94 bits per heavy atom. The summed E-state index contributed by atoms with van der Waals surface area (Å²) >= 11 is 1.11. The monoisotopic (exact) mass is 443 g/mol. The normalized spacial score (nSPS) is 12.1. The molecule has 3 aromatic rings. The molecule has 9 heteroatoms. The number of hydrogen-bond acceptors (Lipinski definition) is 7. The molecular weight excluding hydrogens is 418 g/mol. The minimum atomic E-state index is -0.829. The van der Waals surface area contributed by atoms with Gasteiger partial charge in [0.15, 0.2) is 0 Å². The van der Waals surface area contributed by atoms with Crippen molar-refractivity contribution in [1.29, 1.82) is 0 Å². The molecule has 0 aliphatic carbocycles. The number of benzene rings is 1. The molecule has 31 heavy (non-hydrogen) atoms. The second kappa shape index (κ2) is 9.30. The molecule has 0 saturated heterocycles. The number of anilines is 1. The number of para-hydroxylation sites is 2. The van der Waals surface area contributed by atoms with Crippen LogP contribution in [0.1, 0.15) is 49.0 Å². The van der Waals surface area contributed by atoms with E-state index in [9.17, 15) is 14.4 Å². The maximum atomic E-state index is 13.1. The second-order valence-electron chi connectivity index (χ2n) is 7.24. The Hall–Kier alpha value is -3.20. The van der Waals surface area contributed by atoms with E-state index in [1.165, 1.54) is 10.9 Å². The topological polar surface area (TPSA) is 99.5 Å². The van der Waals surface area contributed by atoms with Crippen molar-refractivity contribution in [2.45, 2.75) is 46.8 Å². The first kappa shape index (κ1) is 22.5. The van der Waals surface area contributed by atoms with Gasteiger partial charge in [0.1, 0.15) is 21.5 Å². The number of ether oxygens (including phenoxy) is 2. The molecule has 164 valence electrons. The lowest BCUT2D eigenvalue weighted by molar-refractivity contribution is -0.118. The van der Waals surface area contributed by atoms with Crippen molar-refractivity contribution in [2.24, 2.45) is 0 Å². The number of fused-ring (bicyclic) bond motifs is 1. The van der Waals surface area contributed by atoms with Gasteiger partial charge in [-0.1, -0.05) is 12.1 Å². The molecule has 0 radical (unpaired) electrons. The summed E-state index contributed by atoms with van der Waals surface area (Å²) in [6.07, 6.45) is 1.06. The summed E-state index contributed by atoms with van der Waals surface area (Å²) in [5, 5.41) is 3.12. The van der Waals surface area contributed by atoms with Gasteiger partial charge in [0.2, 0.25) is 5.91 Å². The summed E-state index contributed by atoms with van der Waals surface area (Å²) in [6, 6.07) is 6.26. The van der Waals surface area contributed by atoms with Crippen LogP contribution < -0.4 is 15.6 Å². The molecule has 0 bridgehead atoms. The van der Waals surface area contributed by atoms with Gasteiger partial charge in [0, 0.05) is 0 Å². The molecule has 8 nitrogen and oxygen atoms in total. The van der Waals surface area contributed by atoms with Crippen molar-refractivity contribution < 1.29 is 19.1 Å². The third-order valence-corrected chi connectivity index (χ3v) is 5.83. The van der Waals surface area contributed by atoms with Gasteiger partial charge < -0.3 is 14.8 Å². The lowest BCUT2D eigenvalue weighted by atomic mass is 10.2. The van der Waals surface area contributed by atoms with Gasteiger partial charge in [-0.3, -0.25) is 14.2 Å². The van der Waals surface area contributed by atoms with E-state index in [2.05, 4.69) is 10.3 Å². The average Bonchev–Trinajstić information content (AvgIpc) is 3.06. The highest BCUT2D eigenvalue weighted by Gasteiger charge is 2.24. The van der Waals surface area contributed by atoms with Crippen LogP contribution in [0.4, 0.5) is 5.69 Å². The number of nitrogens with zero attached hydrogens (tertiary/aromatic N) is 2. The van der Waals surface area contributed by atoms with Crippen LogP contribution in [0.3, 0.4) is 0 Å². The molecule has 0 unspecified atom stereocenters. The number of nitrogens with one attached hydrogen (secondary N) is 1. The molecule has 0 saturated carbocycles. The number of hydrogen-bond donors (Lipinski definition) is 1. The van der Waals surface area contributed by atoms with Crippen LogP contribution in [0, 0.1) is 6.92 Å². The van der Waals surface area contributed by atoms with Crippen LogP contribution in [0.5, 0.6) is 5.75 Å². The van der Waals surface area contributed by atoms with Crippen molar-refractivity contribution in [3.63, 3.8) is 0 Å². The summed E-state index contributed by atoms with van der Waals surface area (Å²) in [5.41, 5.74) is 0.642. The standard InChI is InChI=1S/C22H25N3O5S/c1-6-29-16-10-8-7-9-15(16)24-19(26)14(5)25-11-23-20-17(21(25)27)13(4)18(31-20)22(28)30-12(2)3/h7-12,14H,6H2,1-5H3,(H,24,26)/t14-/m0/s1. The zero-order valence-corrected chi connectivity index (χ0v) is 18.9. The Balaban J connectivity index is 1.93. The summed E-state index contributed by atoms with van der Waals surface area (Å²) < 4.78 is 12.1. The van der Waals surface area contributed by atoms with Gasteiger partial charge in [-0.05, 0) is 52.3 Å². The van der Waals surface area contributed by atoms with E-state index in [-0.39, 0.29) is 17.6 Å². The molecule has 3 rings (SSSR count). The van der Waals surface area contributed by atoms with E-state index in [0.29, 0.717) is 38.7 Å². The van der Waals surface area contributed by atoms with E-state index < -0.39 is 12.0 Å². The molecule has 0 aliphatic rings. The minimum absolute atomic E-state index is 0.273. The van der Waals surface area contributed by atoms with Gasteiger partial charge in [0.25, 0.3) is 5.56 Å². The van der Waals surface area contributed by atoms with E-state index in [0.717, 1.165) is 11.3 Å². The predicted molar refractivity (Wildman–Crippen MR) is 120 cm³/mol. The van der Waals surface area contributed by atoms with Crippen molar-refractivity contribution in [3.8, 4) is 5.75 Å². The molecular formula is C22H25N3O5S. The Morgan fingerprint density at radius 3 is 2.61 bits per heavy atom. The van der Waals surface area contributed by atoms with Gasteiger partial charge in [0.05, 0.1) is 30.1 Å². The quantitative estimate of drug-likeness (QED) is 0.556. The third kappa shape index (κ3) is 4.61. The molecule has 1 N–H and O–H groups in total.